The van der Waals surface area contributed by atoms with Crippen molar-refractivity contribution in [3.05, 3.63) is 59.2 Å². The molecule has 0 atom stereocenters. The number of alkyl halides is 6. The Kier molecular flexibility index (Phi) is 7.24. The number of hydrogen-bond donors (Lipinski definition) is 0. The van der Waals surface area contributed by atoms with Gasteiger partial charge in [0.2, 0.25) is 0 Å². The van der Waals surface area contributed by atoms with E-state index in [1.165, 1.54) is 0 Å². The van der Waals surface area contributed by atoms with Crippen LogP contribution in [0.2, 0.25) is 0 Å². The zero-order valence-corrected chi connectivity index (χ0v) is 15.2. The van der Waals surface area contributed by atoms with Crippen molar-refractivity contribution >= 4 is 11.9 Å². The summed E-state index contributed by atoms with van der Waals surface area (Å²) in [6, 6.07) is 4.16. The van der Waals surface area contributed by atoms with Gasteiger partial charge in [0.1, 0.15) is 0 Å². The maximum atomic E-state index is 13.8. The second-order valence-electron chi connectivity index (χ2n) is 6.03. The third kappa shape index (κ3) is 6.40. The molecule has 168 valence electrons. The molecule has 0 aromatic heterocycles. The topological polar surface area (TPSA) is 52.6 Å². The molecule has 0 aliphatic heterocycles. The van der Waals surface area contributed by atoms with Crippen LogP contribution >= 0.6 is 0 Å². The second-order valence-corrected chi connectivity index (χ2v) is 6.03. The van der Waals surface area contributed by atoms with Gasteiger partial charge in [0.15, 0.2) is 23.1 Å². The summed E-state index contributed by atoms with van der Waals surface area (Å²) in [6.07, 6.45) is -11.4. The first kappa shape index (κ1) is 24.1. The summed E-state index contributed by atoms with van der Waals surface area (Å²) in [5.74, 6) is -7.85. The SMILES string of the molecule is O=C(CCCC(=O)Oc1cccc(C(F)(F)F)c1F)Oc1cccc(C(F)(F)F)c1F. The van der Waals surface area contributed by atoms with Gasteiger partial charge in [-0.1, -0.05) is 12.1 Å². The van der Waals surface area contributed by atoms with Gasteiger partial charge in [-0.25, -0.2) is 8.78 Å². The van der Waals surface area contributed by atoms with Crippen LogP contribution in [0.15, 0.2) is 36.4 Å². The van der Waals surface area contributed by atoms with Crippen LogP contribution in [0.5, 0.6) is 11.5 Å². The highest BCUT2D eigenvalue weighted by Crippen LogP contribution is 2.36. The van der Waals surface area contributed by atoms with Gasteiger partial charge < -0.3 is 9.47 Å². The van der Waals surface area contributed by atoms with E-state index in [1.807, 2.05) is 0 Å². The highest BCUT2D eigenvalue weighted by molar-refractivity contribution is 5.75. The van der Waals surface area contributed by atoms with E-state index in [9.17, 15) is 44.7 Å². The van der Waals surface area contributed by atoms with E-state index in [0.29, 0.717) is 12.1 Å². The molecule has 0 amide bonds. The molecule has 31 heavy (non-hydrogen) atoms. The first-order valence-electron chi connectivity index (χ1n) is 8.43. The molecule has 0 radical (unpaired) electrons. The number of ether oxygens (including phenoxy) is 2. The van der Waals surface area contributed by atoms with Crippen molar-refractivity contribution in [2.24, 2.45) is 0 Å². The van der Waals surface area contributed by atoms with Crippen LogP contribution in [0.4, 0.5) is 35.1 Å². The molecule has 0 fully saturated rings. The van der Waals surface area contributed by atoms with Crippen LogP contribution in [-0.4, -0.2) is 11.9 Å². The van der Waals surface area contributed by atoms with Crippen LogP contribution in [0, 0.1) is 11.6 Å². The Hall–Kier alpha value is -3.18. The highest BCUT2D eigenvalue weighted by atomic mass is 19.4. The molecule has 0 heterocycles. The largest absolute Gasteiger partial charge is 0.423 e. The van der Waals surface area contributed by atoms with Gasteiger partial charge >= 0.3 is 24.3 Å². The Morgan fingerprint density at radius 3 is 1.35 bits per heavy atom. The summed E-state index contributed by atoms with van der Waals surface area (Å²) in [5.41, 5.74) is -3.27. The highest BCUT2D eigenvalue weighted by Gasteiger charge is 2.36. The summed E-state index contributed by atoms with van der Waals surface area (Å²) in [6.45, 7) is 0. The zero-order valence-electron chi connectivity index (χ0n) is 15.2. The molecule has 0 bridgehead atoms. The van der Waals surface area contributed by atoms with E-state index in [-0.39, 0.29) is 6.42 Å². The molecular formula is C19H12F8O4. The molecule has 0 saturated heterocycles. The van der Waals surface area contributed by atoms with E-state index in [0.717, 1.165) is 24.3 Å². The summed E-state index contributed by atoms with van der Waals surface area (Å²) >= 11 is 0. The van der Waals surface area contributed by atoms with Gasteiger partial charge in [0.05, 0.1) is 11.1 Å². The molecule has 4 nitrogen and oxygen atoms in total. The molecule has 12 heteroatoms. The van der Waals surface area contributed by atoms with Gasteiger partial charge in [-0.15, -0.1) is 0 Å². The van der Waals surface area contributed by atoms with Gasteiger partial charge in [-0.3, -0.25) is 9.59 Å². The van der Waals surface area contributed by atoms with Crippen molar-refractivity contribution in [1.29, 1.82) is 0 Å². The molecule has 0 spiro atoms. The summed E-state index contributed by atoms with van der Waals surface area (Å²) < 4.78 is 112. The fourth-order valence-electron chi connectivity index (χ4n) is 2.34. The Labute approximate surface area is 169 Å². The lowest BCUT2D eigenvalue weighted by molar-refractivity contribution is -0.142. The van der Waals surface area contributed by atoms with Crippen molar-refractivity contribution in [2.75, 3.05) is 0 Å². The summed E-state index contributed by atoms with van der Waals surface area (Å²) in [4.78, 5) is 23.3. The normalized spacial score (nSPS) is 11.9. The van der Waals surface area contributed by atoms with E-state index >= 15 is 0 Å². The van der Waals surface area contributed by atoms with Crippen LogP contribution in [-0.2, 0) is 21.9 Å². The van der Waals surface area contributed by atoms with Gasteiger partial charge in [0, 0.05) is 12.8 Å². The minimum Gasteiger partial charge on any atom is -0.423 e. The molecule has 2 rings (SSSR count). The minimum atomic E-state index is -5.01. The minimum absolute atomic E-state index is 0.307. The molecule has 2 aromatic carbocycles. The predicted octanol–water partition coefficient (Wildman–Crippen LogP) is 5.68. The van der Waals surface area contributed by atoms with Crippen LogP contribution < -0.4 is 9.47 Å². The van der Waals surface area contributed by atoms with Crippen molar-refractivity contribution in [3.8, 4) is 11.5 Å². The lowest BCUT2D eigenvalue weighted by Gasteiger charge is -2.12. The fraction of sp³-hybridized carbons (Fsp3) is 0.263. The lowest BCUT2D eigenvalue weighted by Crippen LogP contribution is -2.15. The maximum absolute atomic E-state index is 13.8. The molecule has 0 aliphatic rings. The van der Waals surface area contributed by atoms with Crippen LogP contribution in [0.1, 0.15) is 30.4 Å². The smallest absolute Gasteiger partial charge is 0.419 e. The quantitative estimate of drug-likeness (QED) is 0.319. The number of rotatable bonds is 6. The van der Waals surface area contributed by atoms with E-state index in [1.54, 1.807) is 0 Å². The first-order valence-corrected chi connectivity index (χ1v) is 8.43. The Morgan fingerprint density at radius 1 is 0.677 bits per heavy atom. The molecule has 0 aliphatic carbocycles. The molecule has 0 N–H and O–H groups in total. The average molecular weight is 456 g/mol. The number of hydrogen-bond acceptors (Lipinski definition) is 4. The Morgan fingerprint density at radius 2 is 1.03 bits per heavy atom. The second kappa shape index (κ2) is 9.31. The third-order valence-electron chi connectivity index (χ3n) is 3.75. The molecule has 2 aromatic rings. The molecule has 0 saturated carbocycles. The third-order valence-corrected chi connectivity index (χ3v) is 3.75. The number of carbonyl (C=O) groups excluding carboxylic acids is 2. The predicted molar refractivity (Wildman–Crippen MR) is 87.9 cm³/mol. The monoisotopic (exact) mass is 456 g/mol. The van der Waals surface area contributed by atoms with Crippen molar-refractivity contribution in [1.82, 2.24) is 0 Å². The van der Waals surface area contributed by atoms with Gasteiger partial charge in [0.25, 0.3) is 0 Å². The molecular weight excluding hydrogens is 444 g/mol. The van der Waals surface area contributed by atoms with Crippen molar-refractivity contribution in [2.45, 2.75) is 31.6 Å². The lowest BCUT2D eigenvalue weighted by atomic mass is 10.2. The van der Waals surface area contributed by atoms with Crippen LogP contribution in [0.25, 0.3) is 0 Å². The first-order chi connectivity index (χ1) is 14.3. The Balaban J connectivity index is 1.91. The summed E-state index contributed by atoms with van der Waals surface area (Å²) in [5, 5.41) is 0. The van der Waals surface area contributed by atoms with Crippen LogP contribution in [0.3, 0.4) is 0 Å². The standard InChI is InChI=1S/C19H12F8O4/c20-16-10(18(22,23)24)4-1-6-12(16)30-14(28)8-3-9-15(29)31-13-7-2-5-11(17(13)21)19(25,26)27/h1-2,4-7H,3,8-9H2. The van der Waals surface area contributed by atoms with Crippen molar-refractivity contribution in [3.63, 3.8) is 0 Å². The zero-order chi connectivity index (χ0) is 23.4. The maximum Gasteiger partial charge on any atom is 0.419 e. The number of esters is 2. The Bertz CT molecular complexity index is 889. The summed E-state index contributed by atoms with van der Waals surface area (Å²) in [7, 11) is 0. The number of carbonyl (C=O) groups is 2. The van der Waals surface area contributed by atoms with E-state index < -0.39 is 71.4 Å². The molecule has 0 unspecified atom stereocenters. The fourth-order valence-corrected chi connectivity index (χ4v) is 2.34. The van der Waals surface area contributed by atoms with E-state index in [4.69, 9.17) is 0 Å². The van der Waals surface area contributed by atoms with Crippen molar-refractivity contribution < 1.29 is 54.2 Å². The number of benzene rings is 2. The van der Waals surface area contributed by atoms with E-state index in [2.05, 4.69) is 9.47 Å². The van der Waals surface area contributed by atoms with Gasteiger partial charge in [-0.05, 0) is 30.7 Å². The average Bonchev–Trinajstić information content (AvgIpc) is 2.63. The number of halogens is 8. The van der Waals surface area contributed by atoms with Gasteiger partial charge in [-0.2, -0.15) is 26.3 Å².